The van der Waals surface area contributed by atoms with Gasteiger partial charge >= 0.3 is 50.2 Å². The number of nitrogens with one attached hydrogen (secondary N) is 2. The monoisotopic (exact) mass is 296 g/mol. The summed E-state index contributed by atoms with van der Waals surface area (Å²) >= 11 is 0. The average Bonchev–Trinajstić information content (AvgIpc) is 2.03. The van der Waals surface area contributed by atoms with Crippen molar-refractivity contribution in [2.75, 3.05) is 0 Å². The van der Waals surface area contributed by atoms with Crippen LogP contribution in [0.2, 0.25) is 0 Å². The predicted octanol–water partition coefficient (Wildman–Crippen LogP) is -3.68. The Bertz CT molecular complexity index is 490. The van der Waals surface area contributed by atoms with E-state index in [1.54, 1.807) is 0 Å². The summed E-state index contributed by atoms with van der Waals surface area (Å²) in [6.07, 6.45) is 2.26. The first-order chi connectivity index (χ1) is 7.16. The zero-order valence-corrected chi connectivity index (χ0v) is 12.8. The van der Waals surface area contributed by atoms with Crippen molar-refractivity contribution >= 4 is 20.6 Å². The van der Waals surface area contributed by atoms with Gasteiger partial charge < -0.3 is 1.43 Å². The molecule has 1 aliphatic rings. The Hall–Kier alpha value is 0.320. The molecule has 17 heavy (non-hydrogen) atoms. The predicted molar refractivity (Wildman–Crippen MR) is 56.2 cm³/mol. The molecule has 0 saturated carbocycles. The standard InChI is InChI=1S/C6H12N2O6S2.Na.H/c9-15(10,11)7-5-1-2-6(4-3-5)8-16(12,13)14;;/h1,6-8H,2-4H2,(H,9,10,11)(H,12,13,14);;/q;+1;-1. The first-order valence-electron chi connectivity index (χ1n) is 4.35. The van der Waals surface area contributed by atoms with Gasteiger partial charge in [-0.25, -0.2) is 0 Å². The SMILES string of the molecule is O=S(=O)(O)NC1=CCC(NS(=O)(=O)O)CC1.[H-].[Na+]. The van der Waals surface area contributed by atoms with E-state index in [1.807, 2.05) is 9.44 Å². The van der Waals surface area contributed by atoms with Crippen molar-refractivity contribution in [3.8, 4) is 0 Å². The molecule has 0 saturated heterocycles. The Morgan fingerprint density at radius 3 is 2.18 bits per heavy atom. The van der Waals surface area contributed by atoms with Crippen LogP contribution in [0.5, 0.6) is 0 Å². The first-order valence-corrected chi connectivity index (χ1v) is 7.23. The van der Waals surface area contributed by atoms with Gasteiger partial charge in [0.1, 0.15) is 0 Å². The molecular formula is C6H13N2NaO6S2. The summed E-state index contributed by atoms with van der Waals surface area (Å²) in [5.41, 5.74) is 0.302. The Kier molecular flexibility index (Phi) is 6.60. The molecule has 0 aromatic heterocycles. The number of rotatable bonds is 4. The maximum absolute atomic E-state index is 10.5. The molecule has 0 bridgehead atoms. The minimum absolute atomic E-state index is 0. The zero-order chi connectivity index (χ0) is 12.4. The van der Waals surface area contributed by atoms with E-state index in [9.17, 15) is 16.8 Å². The molecule has 11 heteroatoms. The third-order valence-electron chi connectivity index (χ3n) is 1.99. The fourth-order valence-corrected chi connectivity index (χ4v) is 2.56. The molecule has 0 radical (unpaired) electrons. The van der Waals surface area contributed by atoms with Gasteiger partial charge in [-0.3, -0.25) is 13.8 Å². The minimum Gasteiger partial charge on any atom is -1.00 e. The molecule has 1 aliphatic carbocycles. The van der Waals surface area contributed by atoms with Crippen LogP contribution in [-0.2, 0) is 20.6 Å². The van der Waals surface area contributed by atoms with E-state index in [1.165, 1.54) is 6.08 Å². The van der Waals surface area contributed by atoms with Crippen molar-refractivity contribution in [3.05, 3.63) is 11.8 Å². The Morgan fingerprint density at radius 1 is 1.24 bits per heavy atom. The Morgan fingerprint density at radius 2 is 1.82 bits per heavy atom. The molecule has 0 aromatic rings. The summed E-state index contributed by atoms with van der Waals surface area (Å²) in [4.78, 5) is 0. The topological polar surface area (TPSA) is 133 Å². The average molecular weight is 296 g/mol. The zero-order valence-electron chi connectivity index (χ0n) is 10.1. The number of hydrogen-bond acceptors (Lipinski definition) is 4. The molecule has 1 rings (SSSR count). The van der Waals surface area contributed by atoms with Crippen LogP contribution >= 0.6 is 0 Å². The minimum atomic E-state index is -4.28. The quantitative estimate of drug-likeness (QED) is 0.312. The van der Waals surface area contributed by atoms with Crippen molar-refractivity contribution in [1.29, 1.82) is 0 Å². The van der Waals surface area contributed by atoms with Crippen LogP contribution in [0.25, 0.3) is 0 Å². The molecule has 4 N–H and O–H groups in total. The molecule has 0 spiro atoms. The van der Waals surface area contributed by atoms with E-state index >= 15 is 0 Å². The summed E-state index contributed by atoms with van der Waals surface area (Å²) in [6.45, 7) is 0. The molecule has 1 atom stereocenters. The Balaban J connectivity index is 0. The van der Waals surface area contributed by atoms with Crippen LogP contribution in [0.1, 0.15) is 20.7 Å². The van der Waals surface area contributed by atoms with E-state index in [0.717, 1.165) is 0 Å². The van der Waals surface area contributed by atoms with Gasteiger partial charge in [0.15, 0.2) is 0 Å². The van der Waals surface area contributed by atoms with Gasteiger partial charge in [0.05, 0.1) is 0 Å². The van der Waals surface area contributed by atoms with Gasteiger partial charge in [0, 0.05) is 11.7 Å². The molecule has 96 valence electrons. The third-order valence-corrected chi connectivity index (χ3v) is 3.14. The largest absolute Gasteiger partial charge is 1.00 e. The fourth-order valence-electron chi connectivity index (χ4n) is 1.41. The molecule has 1 unspecified atom stereocenters. The van der Waals surface area contributed by atoms with Crippen LogP contribution < -0.4 is 39.0 Å². The van der Waals surface area contributed by atoms with E-state index in [4.69, 9.17) is 9.11 Å². The van der Waals surface area contributed by atoms with Gasteiger partial charge in [-0.1, -0.05) is 6.08 Å². The maximum atomic E-state index is 10.5. The van der Waals surface area contributed by atoms with Crippen LogP contribution in [0, 0.1) is 0 Å². The molecule has 8 nitrogen and oxygen atoms in total. The summed E-state index contributed by atoms with van der Waals surface area (Å²) < 4.78 is 62.8. The number of hydrogen-bond donors (Lipinski definition) is 4. The number of allylic oxidation sites excluding steroid dienone is 1. The van der Waals surface area contributed by atoms with E-state index in [2.05, 4.69) is 0 Å². The van der Waals surface area contributed by atoms with Gasteiger partial charge in [-0.05, 0) is 19.3 Å². The summed E-state index contributed by atoms with van der Waals surface area (Å²) in [5.74, 6) is 0. The second kappa shape index (κ2) is 6.48. The van der Waals surface area contributed by atoms with Gasteiger partial charge in [-0.15, -0.1) is 0 Å². The second-order valence-electron chi connectivity index (χ2n) is 3.37. The van der Waals surface area contributed by atoms with Gasteiger partial charge in [0.25, 0.3) is 0 Å². The second-order valence-corrected chi connectivity index (χ2v) is 5.71. The van der Waals surface area contributed by atoms with E-state index < -0.39 is 26.7 Å². The van der Waals surface area contributed by atoms with Crippen molar-refractivity contribution in [3.63, 3.8) is 0 Å². The van der Waals surface area contributed by atoms with Crippen LogP contribution in [-0.4, -0.2) is 32.0 Å². The molecule has 0 fully saturated rings. The summed E-state index contributed by atoms with van der Waals surface area (Å²) in [5, 5.41) is 0. The van der Waals surface area contributed by atoms with Crippen LogP contribution in [0.3, 0.4) is 0 Å². The van der Waals surface area contributed by atoms with Gasteiger partial charge in [0.2, 0.25) is 0 Å². The Labute approximate surface area is 123 Å². The summed E-state index contributed by atoms with van der Waals surface area (Å²) in [7, 11) is -8.53. The third kappa shape index (κ3) is 8.11. The molecule has 0 aliphatic heterocycles. The van der Waals surface area contributed by atoms with Crippen molar-refractivity contribution in [2.24, 2.45) is 0 Å². The van der Waals surface area contributed by atoms with E-state index in [0.29, 0.717) is 12.1 Å². The molecule has 0 heterocycles. The smallest absolute Gasteiger partial charge is 1.00 e. The molecule has 0 amide bonds. The van der Waals surface area contributed by atoms with Crippen molar-refractivity contribution < 1.29 is 56.9 Å². The maximum Gasteiger partial charge on any atom is 1.00 e. The molecule has 0 aromatic carbocycles. The van der Waals surface area contributed by atoms with E-state index in [-0.39, 0.29) is 43.8 Å². The first kappa shape index (κ1) is 17.3. The van der Waals surface area contributed by atoms with Crippen molar-refractivity contribution in [1.82, 2.24) is 9.44 Å². The normalized spacial score (nSPS) is 21.3. The van der Waals surface area contributed by atoms with Crippen LogP contribution in [0.15, 0.2) is 11.8 Å². The van der Waals surface area contributed by atoms with Crippen molar-refractivity contribution in [2.45, 2.75) is 25.3 Å². The summed E-state index contributed by atoms with van der Waals surface area (Å²) in [6, 6.07) is -0.470. The fraction of sp³-hybridized carbons (Fsp3) is 0.667. The van der Waals surface area contributed by atoms with Gasteiger partial charge in [-0.2, -0.15) is 21.6 Å². The molecular weight excluding hydrogens is 283 g/mol. The van der Waals surface area contributed by atoms with Crippen LogP contribution in [0.4, 0.5) is 0 Å².